The summed E-state index contributed by atoms with van der Waals surface area (Å²) in [5, 5.41) is 27.0. The van der Waals surface area contributed by atoms with E-state index in [1.165, 1.54) is 18.2 Å². The highest BCUT2D eigenvalue weighted by Gasteiger charge is 2.20. The Bertz CT molecular complexity index is 351. The maximum absolute atomic E-state index is 10.6. The molecule has 0 aliphatic rings. The Morgan fingerprint density at radius 3 is 2.64 bits per heavy atom. The lowest BCUT2D eigenvalue weighted by molar-refractivity contribution is -0.138. The van der Waals surface area contributed by atoms with Gasteiger partial charge in [-0.05, 0) is 11.6 Å². The zero-order valence-electron chi connectivity index (χ0n) is 7.34. The molecule has 0 fully saturated rings. The van der Waals surface area contributed by atoms with E-state index in [0.29, 0.717) is 5.56 Å². The number of aromatic hydroxyl groups is 1. The molecule has 0 heterocycles. The van der Waals surface area contributed by atoms with Crippen LogP contribution in [0.4, 0.5) is 0 Å². The minimum Gasteiger partial charge on any atom is -0.508 e. The van der Waals surface area contributed by atoms with E-state index in [-0.39, 0.29) is 17.9 Å². The molecule has 1 rings (SSSR count). The fraction of sp³-hybridized carbons (Fsp3) is 0.222. The summed E-state index contributed by atoms with van der Waals surface area (Å²) >= 11 is 0. The Hall–Kier alpha value is -1.59. The van der Waals surface area contributed by atoms with Crippen LogP contribution in [0.5, 0.6) is 5.75 Å². The lowest BCUT2D eigenvalue weighted by atomic mass is 10.0. The number of carbonyl (C=O) groups is 1. The molecule has 0 saturated carbocycles. The zero-order valence-corrected chi connectivity index (χ0v) is 7.34. The molecular formula is C9H11NO4. The second-order valence-electron chi connectivity index (χ2n) is 2.82. The third-order valence-corrected chi connectivity index (χ3v) is 1.92. The number of phenols is 1. The first-order valence-electron chi connectivity index (χ1n) is 3.98. The molecule has 0 aromatic heterocycles. The van der Waals surface area contributed by atoms with E-state index in [2.05, 4.69) is 0 Å². The first-order valence-corrected chi connectivity index (χ1v) is 3.98. The second-order valence-corrected chi connectivity index (χ2v) is 2.82. The normalized spacial score (nSPS) is 12.4. The number of carboxylic acids is 1. The van der Waals surface area contributed by atoms with Gasteiger partial charge < -0.3 is 21.1 Å². The van der Waals surface area contributed by atoms with Crippen molar-refractivity contribution in [2.75, 3.05) is 0 Å². The Morgan fingerprint density at radius 1 is 1.50 bits per heavy atom. The van der Waals surface area contributed by atoms with Gasteiger partial charge in [-0.3, -0.25) is 4.79 Å². The third-order valence-electron chi connectivity index (χ3n) is 1.92. The van der Waals surface area contributed by atoms with Gasteiger partial charge in [0.2, 0.25) is 0 Å². The number of phenolic OH excluding ortho intramolecular Hbond substituents is 1. The summed E-state index contributed by atoms with van der Waals surface area (Å²) in [7, 11) is 0. The summed E-state index contributed by atoms with van der Waals surface area (Å²) in [4.78, 5) is 10.6. The predicted molar refractivity (Wildman–Crippen MR) is 48.6 cm³/mol. The summed E-state index contributed by atoms with van der Waals surface area (Å²) in [5.41, 5.74) is 5.72. The van der Waals surface area contributed by atoms with Crippen molar-refractivity contribution < 1.29 is 20.1 Å². The molecule has 5 N–H and O–H groups in total. The highest BCUT2D eigenvalue weighted by Crippen LogP contribution is 2.26. The van der Waals surface area contributed by atoms with E-state index >= 15 is 0 Å². The molecule has 76 valence electrons. The van der Waals surface area contributed by atoms with Gasteiger partial charge in [-0.15, -0.1) is 0 Å². The standard InChI is InChI=1S/C9H11NO4/c10-8(9(13)14)7-5(4-11)2-1-3-6(7)12/h1-3,8,11-12H,4,10H2,(H,13,14)/t8-/m1/s1. The molecule has 1 aromatic carbocycles. The van der Waals surface area contributed by atoms with Gasteiger partial charge in [0.25, 0.3) is 0 Å². The molecule has 0 aliphatic heterocycles. The fourth-order valence-electron chi connectivity index (χ4n) is 1.22. The summed E-state index contributed by atoms with van der Waals surface area (Å²) in [5.74, 6) is -1.47. The predicted octanol–water partition coefficient (Wildman–Crippen LogP) is -0.0311. The van der Waals surface area contributed by atoms with Crippen molar-refractivity contribution in [1.29, 1.82) is 0 Å². The van der Waals surface area contributed by atoms with Gasteiger partial charge in [0.1, 0.15) is 11.8 Å². The number of rotatable bonds is 3. The number of aliphatic hydroxyl groups excluding tert-OH is 1. The van der Waals surface area contributed by atoms with Crippen LogP contribution in [0.3, 0.4) is 0 Å². The van der Waals surface area contributed by atoms with Gasteiger partial charge in [-0.1, -0.05) is 12.1 Å². The van der Waals surface area contributed by atoms with Crippen LogP contribution < -0.4 is 5.73 Å². The molecule has 0 bridgehead atoms. The van der Waals surface area contributed by atoms with Crippen molar-refractivity contribution in [3.63, 3.8) is 0 Å². The van der Waals surface area contributed by atoms with Crippen molar-refractivity contribution in [3.05, 3.63) is 29.3 Å². The number of hydrogen-bond donors (Lipinski definition) is 4. The molecule has 1 atom stereocenters. The Balaban J connectivity index is 3.23. The van der Waals surface area contributed by atoms with Crippen LogP contribution in [-0.4, -0.2) is 21.3 Å². The van der Waals surface area contributed by atoms with E-state index in [0.717, 1.165) is 0 Å². The molecule has 0 radical (unpaired) electrons. The van der Waals surface area contributed by atoms with E-state index in [4.69, 9.17) is 15.9 Å². The number of hydrogen-bond acceptors (Lipinski definition) is 4. The van der Waals surface area contributed by atoms with Crippen LogP contribution in [0.2, 0.25) is 0 Å². The number of carboxylic acid groups (broad SMARTS) is 1. The van der Waals surface area contributed by atoms with E-state index in [1.54, 1.807) is 0 Å². The lowest BCUT2D eigenvalue weighted by Gasteiger charge is -2.12. The number of aliphatic carboxylic acids is 1. The summed E-state index contributed by atoms with van der Waals surface area (Å²) in [6, 6.07) is 3.03. The number of aliphatic hydroxyl groups is 1. The molecule has 1 aromatic rings. The third kappa shape index (κ3) is 1.84. The molecule has 14 heavy (non-hydrogen) atoms. The van der Waals surface area contributed by atoms with Gasteiger partial charge in [0.15, 0.2) is 0 Å². The van der Waals surface area contributed by atoms with E-state index < -0.39 is 12.0 Å². The number of benzene rings is 1. The topological polar surface area (TPSA) is 104 Å². The summed E-state index contributed by atoms with van der Waals surface area (Å²) < 4.78 is 0. The van der Waals surface area contributed by atoms with Gasteiger partial charge in [-0.25, -0.2) is 0 Å². The van der Waals surface area contributed by atoms with Crippen molar-refractivity contribution in [2.45, 2.75) is 12.6 Å². The SMILES string of the molecule is N[C@@H](C(=O)O)c1c(O)cccc1CO. The van der Waals surface area contributed by atoms with Crippen molar-refractivity contribution in [3.8, 4) is 5.75 Å². The van der Waals surface area contributed by atoms with Crippen molar-refractivity contribution in [1.82, 2.24) is 0 Å². The zero-order chi connectivity index (χ0) is 10.7. The Morgan fingerprint density at radius 2 is 2.14 bits per heavy atom. The highest BCUT2D eigenvalue weighted by molar-refractivity contribution is 5.77. The van der Waals surface area contributed by atoms with Gasteiger partial charge in [0.05, 0.1) is 6.61 Å². The maximum atomic E-state index is 10.6. The first-order chi connectivity index (χ1) is 6.57. The molecule has 5 heteroatoms. The monoisotopic (exact) mass is 197 g/mol. The second kappa shape index (κ2) is 4.08. The quantitative estimate of drug-likeness (QED) is 0.544. The number of nitrogens with two attached hydrogens (primary N) is 1. The van der Waals surface area contributed by atoms with Crippen molar-refractivity contribution >= 4 is 5.97 Å². The first kappa shape index (κ1) is 10.5. The smallest absolute Gasteiger partial charge is 0.325 e. The summed E-state index contributed by atoms with van der Waals surface area (Å²) in [6.07, 6.45) is 0. The molecule has 0 unspecified atom stereocenters. The average Bonchev–Trinajstić information content (AvgIpc) is 2.16. The average molecular weight is 197 g/mol. The molecule has 0 aliphatic carbocycles. The van der Waals surface area contributed by atoms with Gasteiger partial charge >= 0.3 is 5.97 Å². The molecule has 5 nitrogen and oxygen atoms in total. The molecule has 0 spiro atoms. The minimum absolute atomic E-state index is 0.0579. The van der Waals surface area contributed by atoms with Crippen LogP contribution in [0.15, 0.2) is 18.2 Å². The van der Waals surface area contributed by atoms with E-state index in [9.17, 15) is 9.90 Å². The largest absolute Gasteiger partial charge is 0.508 e. The van der Waals surface area contributed by atoms with Crippen LogP contribution in [-0.2, 0) is 11.4 Å². The Kier molecular flexibility index (Phi) is 3.06. The van der Waals surface area contributed by atoms with Gasteiger partial charge in [-0.2, -0.15) is 0 Å². The fourth-order valence-corrected chi connectivity index (χ4v) is 1.22. The van der Waals surface area contributed by atoms with Crippen LogP contribution in [0.25, 0.3) is 0 Å². The minimum atomic E-state index is -1.32. The van der Waals surface area contributed by atoms with E-state index in [1.807, 2.05) is 0 Å². The Labute approximate surface area is 80.4 Å². The van der Waals surface area contributed by atoms with Crippen LogP contribution in [0.1, 0.15) is 17.2 Å². The van der Waals surface area contributed by atoms with Gasteiger partial charge in [0, 0.05) is 5.56 Å². The molecule has 0 amide bonds. The van der Waals surface area contributed by atoms with Crippen LogP contribution >= 0.6 is 0 Å². The highest BCUT2D eigenvalue weighted by atomic mass is 16.4. The molecular weight excluding hydrogens is 186 g/mol. The van der Waals surface area contributed by atoms with Crippen molar-refractivity contribution in [2.24, 2.45) is 5.73 Å². The molecule has 0 saturated heterocycles. The van der Waals surface area contributed by atoms with Crippen LogP contribution in [0, 0.1) is 0 Å². The summed E-state index contributed by atoms with van der Waals surface area (Å²) in [6.45, 7) is -0.356. The maximum Gasteiger partial charge on any atom is 0.325 e. The lowest BCUT2D eigenvalue weighted by Crippen LogP contribution is -2.22.